The molecule has 0 saturated heterocycles. The number of hydrogen-bond donors (Lipinski definition) is 2. The molecule has 4 nitrogen and oxygen atoms in total. The van der Waals surface area contributed by atoms with Crippen LogP contribution >= 0.6 is 0 Å². The fourth-order valence-corrected chi connectivity index (χ4v) is 1.92. The number of amides is 1. The van der Waals surface area contributed by atoms with Gasteiger partial charge in [0.2, 0.25) is 0 Å². The van der Waals surface area contributed by atoms with E-state index in [4.69, 9.17) is 10.5 Å². The quantitative estimate of drug-likeness (QED) is 0.845. The Morgan fingerprint density at radius 3 is 2.56 bits per heavy atom. The number of carbonyl (C=O) groups is 1. The largest absolute Gasteiger partial charge is 0.444 e. The third kappa shape index (κ3) is 3.23. The smallest absolute Gasteiger partial charge is 0.412 e. The van der Waals surface area contributed by atoms with Crippen molar-refractivity contribution < 1.29 is 9.53 Å². The van der Waals surface area contributed by atoms with Crippen LogP contribution < -0.4 is 11.1 Å². The molecule has 4 heteroatoms. The van der Waals surface area contributed by atoms with Crippen LogP contribution in [0.1, 0.15) is 38.7 Å². The van der Waals surface area contributed by atoms with Crippen LogP contribution in [0.5, 0.6) is 0 Å². The molecule has 0 unspecified atom stereocenters. The first kappa shape index (κ1) is 12.9. The number of benzene rings is 1. The van der Waals surface area contributed by atoms with E-state index in [1.54, 1.807) is 0 Å². The predicted molar refractivity (Wildman–Crippen MR) is 71.6 cm³/mol. The lowest BCUT2D eigenvalue weighted by molar-refractivity contribution is 0.0636. The Morgan fingerprint density at radius 2 is 2.00 bits per heavy atom. The lowest BCUT2D eigenvalue weighted by Crippen LogP contribution is -2.27. The number of nitrogens with one attached hydrogen (secondary N) is 1. The van der Waals surface area contributed by atoms with E-state index in [0.29, 0.717) is 5.92 Å². The molecule has 1 aliphatic carbocycles. The SMILES string of the molecule is CC(C)(C)OC(=O)Nc1ccccc1[C@@H]1C[C@H]1N. The summed E-state index contributed by atoms with van der Waals surface area (Å²) in [5.41, 5.74) is 7.25. The highest BCUT2D eigenvalue weighted by molar-refractivity contribution is 5.86. The number of rotatable bonds is 2. The van der Waals surface area contributed by atoms with Crippen LogP contribution in [0.15, 0.2) is 24.3 Å². The maximum absolute atomic E-state index is 11.7. The molecule has 1 aromatic rings. The van der Waals surface area contributed by atoms with Crippen molar-refractivity contribution in [1.82, 2.24) is 0 Å². The molecule has 1 aliphatic rings. The maximum atomic E-state index is 11.7. The topological polar surface area (TPSA) is 64.3 Å². The van der Waals surface area contributed by atoms with Crippen LogP contribution in [0.4, 0.5) is 10.5 Å². The average molecular weight is 248 g/mol. The van der Waals surface area contributed by atoms with E-state index in [1.165, 1.54) is 0 Å². The minimum absolute atomic E-state index is 0.214. The van der Waals surface area contributed by atoms with Gasteiger partial charge in [0.05, 0.1) is 0 Å². The van der Waals surface area contributed by atoms with Crippen molar-refractivity contribution in [1.29, 1.82) is 0 Å². The summed E-state index contributed by atoms with van der Waals surface area (Å²) in [7, 11) is 0. The first-order valence-corrected chi connectivity index (χ1v) is 6.21. The van der Waals surface area contributed by atoms with Crippen molar-refractivity contribution in [2.45, 2.75) is 44.8 Å². The van der Waals surface area contributed by atoms with Gasteiger partial charge in [-0.2, -0.15) is 0 Å². The molecule has 0 heterocycles. The molecule has 0 radical (unpaired) electrons. The molecule has 1 fully saturated rings. The zero-order valence-electron chi connectivity index (χ0n) is 11.1. The van der Waals surface area contributed by atoms with Crippen LogP contribution in [0.2, 0.25) is 0 Å². The Labute approximate surface area is 108 Å². The van der Waals surface area contributed by atoms with Gasteiger partial charge in [0.15, 0.2) is 0 Å². The van der Waals surface area contributed by atoms with Gasteiger partial charge in [-0.3, -0.25) is 5.32 Å². The fourth-order valence-electron chi connectivity index (χ4n) is 1.92. The highest BCUT2D eigenvalue weighted by Crippen LogP contribution is 2.42. The van der Waals surface area contributed by atoms with Crippen molar-refractivity contribution >= 4 is 11.8 Å². The fraction of sp³-hybridized carbons (Fsp3) is 0.500. The number of para-hydroxylation sites is 1. The van der Waals surface area contributed by atoms with E-state index >= 15 is 0 Å². The minimum Gasteiger partial charge on any atom is -0.444 e. The molecule has 3 N–H and O–H groups in total. The van der Waals surface area contributed by atoms with Crippen molar-refractivity contribution in [3.05, 3.63) is 29.8 Å². The highest BCUT2D eigenvalue weighted by Gasteiger charge is 2.36. The van der Waals surface area contributed by atoms with Gasteiger partial charge in [-0.05, 0) is 38.8 Å². The van der Waals surface area contributed by atoms with E-state index < -0.39 is 11.7 Å². The normalized spacial score (nSPS) is 22.4. The Kier molecular flexibility index (Phi) is 3.30. The highest BCUT2D eigenvalue weighted by atomic mass is 16.6. The summed E-state index contributed by atoms with van der Waals surface area (Å²) >= 11 is 0. The number of hydrogen-bond acceptors (Lipinski definition) is 3. The Bertz CT molecular complexity index is 451. The molecule has 1 aromatic carbocycles. The van der Waals surface area contributed by atoms with Gasteiger partial charge in [-0.1, -0.05) is 18.2 Å². The molecule has 1 saturated carbocycles. The van der Waals surface area contributed by atoms with Crippen molar-refractivity contribution in [2.24, 2.45) is 5.73 Å². The molecule has 0 aromatic heterocycles. The van der Waals surface area contributed by atoms with Crippen LogP contribution in [0.25, 0.3) is 0 Å². The van der Waals surface area contributed by atoms with Gasteiger partial charge in [-0.25, -0.2) is 4.79 Å². The molecule has 0 bridgehead atoms. The minimum atomic E-state index is -0.491. The zero-order valence-corrected chi connectivity index (χ0v) is 11.1. The average Bonchev–Trinajstić information content (AvgIpc) is 2.93. The number of nitrogens with two attached hydrogens (primary N) is 1. The van der Waals surface area contributed by atoms with Crippen LogP contribution in [-0.2, 0) is 4.74 Å². The summed E-state index contributed by atoms with van der Waals surface area (Å²) in [5.74, 6) is 0.358. The Balaban J connectivity index is 2.07. The van der Waals surface area contributed by atoms with Gasteiger partial charge in [0, 0.05) is 17.6 Å². The summed E-state index contributed by atoms with van der Waals surface area (Å²) in [6.45, 7) is 5.53. The lowest BCUT2D eigenvalue weighted by atomic mass is 10.1. The number of ether oxygens (including phenoxy) is 1. The van der Waals surface area contributed by atoms with Crippen LogP contribution in [-0.4, -0.2) is 17.7 Å². The van der Waals surface area contributed by atoms with E-state index in [0.717, 1.165) is 17.7 Å². The van der Waals surface area contributed by atoms with Gasteiger partial charge in [0.1, 0.15) is 5.60 Å². The molecule has 2 rings (SSSR count). The molecule has 0 spiro atoms. The molecule has 98 valence electrons. The van der Waals surface area contributed by atoms with Crippen molar-refractivity contribution in [3.63, 3.8) is 0 Å². The predicted octanol–water partition coefficient (Wildman–Crippen LogP) is 2.85. The van der Waals surface area contributed by atoms with E-state index in [2.05, 4.69) is 5.32 Å². The summed E-state index contributed by atoms with van der Waals surface area (Å²) in [6, 6.07) is 7.95. The zero-order chi connectivity index (χ0) is 13.3. The summed E-state index contributed by atoms with van der Waals surface area (Å²) in [5, 5.41) is 2.79. The molecule has 18 heavy (non-hydrogen) atoms. The van der Waals surface area contributed by atoms with Gasteiger partial charge in [-0.15, -0.1) is 0 Å². The van der Waals surface area contributed by atoms with Gasteiger partial charge >= 0.3 is 6.09 Å². The first-order chi connectivity index (χ1) is 8.37. The van der Waals surface area contributed by atoms with Gasteiger partial charge in [0.25, 0.3) is 0 Å². The Hall–Kier alpha value is -1.55. The molecule has 0 aliphatic heterocycles. The van der Waals surface area contributed by atoms with E-state index in [1.807, 2.05) is 45.0 Å². The second-order valence-electron chi connectivity index (χ2n) is 5.72. The number of carbonyl (C=O) groups excluding carboxylic acids is 1. The molecule has 1 amide bonds. The van der Waals surface area contributed by atoms with Crippen molar-refractivity contribution in [2.75, 3.05) is 5.32 Å². The second kappa shape index (κ2) is 4.61. The molecular formula is C14H20N2O2. The van der Waals surface area contributed by atoms with Crippen molar-refractivity contribution in [3.8, 4) is 0 Å². The maximum Gasteiger partial charge on any atom is 0.412 e. The Morgan fingerprint density at radius 1 is 1.39 bits per heavy atom. The van der Waals surface area contributed by atoms with E-state index in [-0.39, 0.29) is 6.04 Å². The van der Waals surface area contributed by atoms with Crippen LogP contribution in [0.3, 0.4) is 0 Å². The summed E-state index contributed by atoms with van der Waals surface area (Å²) in [4.78, 5) is 11.7. The van der Waals surface area contributed by atoms with E-state index in [9.17, 15) is 4.79 Å². The third-order valence-electron chi connectivity index (χ3n) is 2.84. The second-order valence-corrected chi connectivity index (χ2v) is 5.72. The first-order valence-electron chi connectivity index (χ1n) is 6.21. The monoisotopic (exact) mass is 248 g/mol. The summed E-state index contributed by atoms with van der Waals surface area (Å²) < 4.78 is 5.24. The third-order valence-corrected chi connectivity index (χ3v) is 2.84. The van der Waals surface area contributed by atoms with Crippen LogP contribution in [0, 0.1) is 0 Å². The standard InChI is InChI=1S/C14H20N2O2/c1-14(2,3)18-13(17)16-12-7-5-4-6-9(12)10-8-11(10)15/h4-7,10-11H,8,15H2,1-3H3,(H,16,17)/t10-,11+/m0/s1. The molecule has 2 atom stereocenters. The summed E-state index contributed by atoms with van der Waals surface area (Å²) in [6.07, 6.45) is 0.552. The van der Waals surface area contributed by atoms with Gasteiger partial charge < -0.3 is 10.5 Å². The molecular weight excluding hydrogens is 228 g/mol. The lowest BCUT2D eigenvalue weighted by Gasteiger charge is -2.20. The number of anilines is 1.